The molecular formula is C16H25NO. The fourth-order valence-corrected chi connectivity index (χ4v) is 3.15. The largest absolute Gasteiger partial charge is 0.394 e. The average Bonchev–Trinajstić information content (AvgIpc) is 2.43. The minimum absolute atomic E-state index is 0.183. The zero-order valence-electron chi connectivity index (χ0n) is 11.4. The van der Waals surface area contributed by atoms with Crippen molar-refractivity contribution in [3.8, 4) is 0 Å². The molecule has 2 heteroatoms. The van der Waals surface area contributed by atoms with Crippen LogP contribution in [0.1, 0.15) is 50.6 Å². The van der Waals surface area contributed by atoms with E-state index >= 15 is 0 Å². The minimum Gasteiger partial charge on any atom is -0.394 e. The molecule has 2 nitrogen and oxygen atoms in total. The van der Waals surface area contributed by atoms with Gasteiger partial charge in [0.2, 0.25) is 0 Å². The Bertz CT molecular complexity index is 336. The number of rotatable bonds is 5. The van der Waals surface area contributed by atoms with E-state index in [9.17, 15) is 5.11 Å². The molecule has 2 atom stereocenters. The van der Waals surface area contributed by atoms with Crippen LogP contribution in [0.3, 0.4) is 0 Å². The fraction of sp³-hybridized carbons (Fsp3) is 0.625. The van der Waals surface area contributed by atoms with Gasteiger partial charge in [-0.05, 0) is 31.4 Å². The minimum atomic E-state index is 0.183. The van der Waals surface area contributed by atoms with Gasteiger partial charge in [0.25, 0.3) is 0 Å². The Labute approximate surface area is 111 Å². The molecule has 1 aromatic carbocycles. The van der Waals surface area contributed by atoms with Crippen LogP contribution < -0.4 is 0 Å². The summed E-state index contributed by atoms with van der Waals surface area (Å²) >= 11 is 0. The van der Waals surface area contributed by atoms with Gasteiger partial charge in [0.1, 0.15) is 0 Å². The molecule has 100 valence electrons. The van der Waals surface area contributed by atoms with E-state index in [1.54, 1.807) is 0 Å². The van der Waals surface area contributed by atoms with Crippen LogP contribution in [-0.4, -0.2) is 29.2 Å². The first-order chi connectivity index (χ1) is 8.86. The fourth-order valence-electron chi connectivity index (χ4n) is 3.15. The van der Waals surface area contributed by atoms with Crippen LogP contribution in [0.5, 0.6) is 0 Å². The van der Waals surface area contributed by atoms with Gasteiger partial charge in [0, 0.05) is 6.04 Å². The third kappa shape index (κ3) is 3.12. The highest BCUT2D eigenvalue weighted by Gasteiger charge is 2.28. The Balaban J connectivity index is 2.14. The topological polar surface area (TPSA) is 23.5 Å². The predicted molar refractivity (Wildman–Crippen MR) is 75.5 cm³/mol. The maximum absolute atomic E-state index is 9.78. The first-order valence-electron chi connectivity index (χ1n) is 7.28. The molecule has 0 saturated carbocycles. The van der Waals surface area contributed by atoms with E-state index in [0.717, 1.165) is 6.54 Å². The Kier molecular flexibility index (Phi) is 5.21. The lowest BCUT2D eigenvalue weighted by atomic mass is 9.94. The number of nitrogens with zero attached hydrogens (tertiary/aromatic N) is 1. The first-order valence-corrected chi connectivity index (χ1v) is 7.28. The van der Waals surface area contributed by atoms with Gasteiger partial charge in [-0.15, -0.1) is 0 Å². The van der Waals surface area contributed by atoms with Crippen LogP contribution in [0.2, 0.25) is 0 Å². The number of likely N-dealkylation sites (tertiary alicyclic amines) is 1. The number of piperidine rings is 1. The van der Waals surface area contributed by atoms with Crippen molar-refractivity contribution in [1.29, 1.82) is 0 Å². The molecule has 0 unspecified atom stereocenters. The lowest BCUT2D eigenvalue weighted by Gasteiger charge is -2.41. The Hall–Kier alpha value is -0.860. The van der Waals surface area contributed by atoms with Crippen LogP contribution in [-0.2, 0) is 0 Å². The van der Waals surface area contributed by atoms with Gasteiger partial charge >= 0.3 is 0 Å². The van der Waals surface area contributed by atoms with Crippen LogP contribution >= 0.6 is 0 Å². The third-order valence-corrected chi connectivity index (χ3v) is 4.05. The number of benzene rings is 1. The molecular weight excluding hydrogens is 222 g/mol. The maximum atomic E-state index is 9.78. The summed E-state index contributed by atoms with van der Waals surface area (Å²) < 4.78 is 0. The van der Waals surface area contributed by atoms with Crippen molar-refractivity contribution in [3.05, 3.63) is 35.9 Å². The normalized spacial score (nSPS) is 22.9. The first kappa shape index (κ1) is 13.6. The van der Waals surface area contributed by atoms with Crippen molar-refractivity contribution in [1.82, 2.24) is 4.90 Å². The van der Waals surface area contributed by atoms with Gasteiger partial charge in [-0.3, -0.25) is 4.90 Å². The molecule has 0 bridgehead atoms. The van der Waals surface area contributed by atoms with Crippen molar-refractivity contribution in [3.63, 3.8) is 0 Å². The summed E-state index contributed by atoms with van der Waals surface area (Å²) in [6.45, 7) is 3.61. The van der Waals surface area contributed by atoms with Crippen molar-refractivity contribution in [2.45, 2.75) is 51.1 Å². The van der Waals surface area contributed by atoms with Crippen LogP contribution in [0, 0.1) is 0 Å². The Morgan fingerprint density at radius 1 is 1.28 bits per heavy atom. The molecule has 0 spiro atoms. The summed E-state index contributed by atoms with van der Waals surface area (Å²) in [6, 6.07) is 11.3. The number of hydrogen-bond donors (Lipinski definition) is 1. The van der Waals surface area contributed by atoms with E-state index in [2.05, 4.69) is 36.1 Å². The van der Waals surface area contributed by atoms with Gasteiger partial charge in [-0.2, -0.15) is 0 Å². The number of hydrogen-bond acceptors (Lipinski definition) is 2. The molecule has 1 fully saturated rings. The van der Waals surface area contributed by atoms with Gasteiger partial charge in [0.15, 0.2) is 0 Å². The molecule has 0 amide bonds. The predicted octanol–water partition coefficient (Wildman–Crippen LogP) is 3.37. The summed E-state index contributed by atoms with van der Waals surface area (Å²) in [4.78, 5) is 2.53. The SMILES string of the molecule is CCC[C@H]1CCCCN1[C@H](CO)c1ccccc1. The molecule has 1 aliphatic heterocycles. The van der Waals surface area contributed by atoms with E-state index in [-0.39, 0.29) is 12.6 Å². The zero-order chi connectivity index (χ0) is 12.8. The second-order valence-electron chi connectivity index (χ2n) is 5.29. The van der Waals surface area contributed by atoms with E-state index in [0.29, 0.717) is 6.04 Å². The lowest BCUT2D eigenvalue weighted by molar-refractivity contribution is 0.0521. The van der Waals surface area contributed by atoms with E-state index in [1.807, 2.05) is 6.07 Å². The number of aliphatic hydroxyl groups excluding tert-OH is 1. The molecule has 0 radical (unpaired) electrons. The van der Waals surface area contributed by atoms with E-state index < -0.39 is 0 Å². The second-order valence-corrected chi connectivity index (χ2v) is 5.29. The Morgan fingerprint density at radius 3 is 2.72 bits per heavy atom. The molecule has 2 rings (SSSR count). The summed E-state index contributed by atoms with van der Waals surface area (Å²) in [6.07, 6.45) is 6.38. The lowest BCUT2D eigenvalue weighted by Crippen LogP contribution is -2.43. The molecule has 1 aromatic rings. The van der Waals surface area contributed by atoms with Crippen LogP contribution in [0.25, 0.3) is 0 Å². The third-order valence-electron chi connectivity index (χ3n) is 4.05. The molecule has 1 aliphatic rings. The van der Waals surface area contributed by atoms with Gasteiger partial charge in [-0.1, -0.05) is 50.1 Å². The molecule has 1 heterocycles. The monoisotopic (exact) mass is 247 g/mol. The van der Waals surface area contributed by atoms with Crippen molar-refractivity contribution in [2.75, 3.05) is 13.2 Å². The molecule has 18 heavy (non-hydrogen) atoms. The highest BCUT2D eigenvalue weighted by atomic mass is 16.3. The van der Waals surface area contributed by atoms with Crippen molar-refractivity contribution < 1.29 is 5.11 Å². The smallest absolute Gasteiger partial charge is 0.0628 e. The summed E-state index contributed by atoms with van der Waals surface area (Å²) in [5.74, 6) is 0. The van der Waals surface area contributed by atoms with Gasteiger partial charge in [0.05, 0.1) is 12.6 Å². The quantitative estimate of drug-likeness (QED) is 0.862. The second kappa shape index (κ2) is 6.91. The highest BCUT2D eigenvalue weighted by molar-refractivity contribution is 5.19. The van der Waals surface area contributed by atoms with Crippen LogP contribution in [0.4, 0.5) is 0 Å². The van der Waals surface area contributed by atoms with Crippen LogP contribution in [0.15, 0.2) is 30.3 Å². The van der Waals surface area contributed by atoms with E-state index in [4.69, 9.17) is 0 Å². The van der Waals surface area contributed by atoms with Crippen molar-refractivity contribution in [2.24, 2.45) is 0 Å². The molecule has 0 aliphatic carbocycles. The van der Waals surface area contributed by atoms with Gasteiger partial charge < -0.3 is 5.11 Å². The standard InChI is InChI=1S/C16H25NO/c1-2-8-15-11-6-7-12-17(15)16(13-18)14-9-4-3-5-10-14/h3-5,9-10,15-16,18H,2,6-8,11-13H2,1H3/t15-,16+/m0/s1. The van der Waals surface area contributed by atoms with Gasteiger partial charge in [-0.25, -0.2) is 0 Å². The summed E-state index contributed by atoms with van der Waals surface area (Å²) in [5.41, 5.74) is 1.25. The number of aliphatic hydroxyl groups is 1. The Morgan fingerprint density at radius 2 is 2.06 bits per heavy atom. The summed E-state index contributed by atoms with van der Waals surface area (Å²) in [7, 11) is 0. The average molecular weight is 247 g/mol. The zero-order valence-corrected chi connectivity index (χ0v) is 11.4. The summed E-state index contributed by atoms with van der Waals surface area (Å²) in [5, 5.41) is 9.78. The molecule has 1 N–H and O–H groups in total. The van der Waals surface area contributed by atoms with E-state index in [1.165, 1.54) is 37.7 Å². The van der Waals surface area contributed by atoms with Crippen molar-refractivity contribution >= 4 is 0 Å². The molecule has 1 saturated heterocycles. The maximum Gasteiger partial charge on any atom is 0.0628 e. The highest BCUT2D eigenvalue weighted by Crippen LogP contribution is 2.30. The molecule has 0 aromatic heterocycles.